The average Bonchev–Trinajstić information content (AvgIpc) is 2.70. The Labute approximate surface area is 165 Å². The van der Waals surface area contributed by atoms with Gasteiger partial charge in [0.2, 0.25) is 5.91 Å². The topological polar surface area (TPSA) is 84.5 Å². The van der Waals surface area contributed by atoms with E-state index < -0.39 is 12.0 Å². The molecule has 0 spiro atoms. The molecule has 28 heavy (non-hydrogen) atoms. The molecule has 2 amide bonds. The van der Waals surface area contributed by atoms with Crippen molar-refractivity contribution in [1.82, 2.24) is 10.6 Å². The van der Waals surface area contributed by atoms with Gasteiger partial charge >= 0.3 is 5.97 Å². The normalized spacial score (nSPS) is 11.4. The van der Waals surface area contributed by atoms with Gasteiger partial charge in [0.15, 0.2) is 0 Å². The number of amides is 2. The van der Waals surface area contributed by atoms with Crippen molar-refractivity contribution in [2.45, 2.75) is 32.2 Å². The molecule has 6 heteroatoms. The van der Waals surface area contributed by atoms with Crippen LogP contribution < -0.4 is 10.6 Å². The third-order valence-corrected chi connectivity index (χ3v) is 4.25. The first-order chi connectivity index (χ1) is 13.5. The Morgan fingerprint density at radius 3 is 2.46 bits per heavy atom. The van der Waals surface area contributed by atoms with Crippen molar-refractivity contribution in [3.8, 4) is 0 Å². The highest BCUT2D eigenvalue weighted by atomic mass is 16.5. The zero-order valence-corrected chi connectivity index (χ0v) is 16.2. The maximum atomic E-state index is 12.2. The zero-order chi connectivity index (χ0) is 20.4. The summed E-state index contributed by atoms with van der Waals surface area (Å²) in [5, 5.41) is 5.52. The molecule has 148 valence electrons. The number of carbonyl (C=O) groups is 3. The van der Waals surface area contributed by atoms with E-state index in [9.17, 15) is 14.4 Å². The van der Waals surface area contributed by atoms with Gasteiger partial charge in [-0.1, -0.05) is 48.0 Å². The summed E-state index contributed by atoms with van der Waals surface area (Å²) >= 11 is 0. The Kier molecular flexibility index (Phi) is 8.21. The summed E-state index contributed by atoms with van der Waals surface area (Å²) in [6.07, 6.45) is 1.04. The number of nitrogens with one attached hydrogen (secondary N) is 2. The van der Waals surface area contributed by atoms with Gasteiger partial charge in [-0.3, -0.25) is 9.59 Å². The van der Waals surface area contributed by atoms with Crippen molar-refractivity contribution >= 4 is 17.8 Å². The van der Waals surface area contributed by atoms with Gasteiger partial charge in [-0.15, -0.1) is 0 Å². The molecule has 0 radical (unpaired) electrons. The Bertz CT molecular complexity index is 805. The number of carbonyl (C=O) groups excluding carboxylic acids is 3. The second-order valence-corrected chi connectivity index (χ2v) is 6.56. The molecule has 1 atom stereocenters. The summed E-state index contributed by atoms with van der Waals surface area (Å²) < 4.78 is 4.79. The van der Waals surface area contributed by atoms with Gasteiger partial charge in [0.05, 0.1) is 7.11 Å². The van der Waals surface area contributed by atoms with Gasteiger partial charge < -0.3 is 15.4 Å². The van der Waals surface area contributed by atoms with Crippen molar-refractivity contribution in [3.05, 3.63) is 71.3 Å². The Morgan fingerprint density at radius 1 is 1.04 bits per heavy atom. The molecular formula is C22H26N2O4. The predicted octanol–water partition coefficient (Wildman–Crippen LogP) is 2.41. The molecule has 6 nitrogen and oxygen atoms in total. The molecule has 2 aromatic carbocycles. The van der Waals surface area contributed by atoms with Crippen LogP contribution in [0.3, 0.4) is 0 Å². The lowest BCUT2D eigenvalue weighted by molar-refractivity contribution is -0.145. The molecular weight excluding hydrogens is 356 g/mol. The largest absolute Gasteiger partial charge is 0.467 e. The van der Waals surface area contributed by atoms with E-state index in [-0.39, 0.29) is 18.2 Å². The van der Waals surface area contributed by atoms with Crippen molar-refractivity contribution in [2.75, 3.05) is 13.7 Å². The fourth-order valence-corrected chi connectivity index (χ4v) is 2.79. The fraction of sp³-hybridized carbons (Fsp3) is 0.318. The lowest BCUT2D eigenvalue weighted by atomic mass is 10.1. The van der Waals surface area contributed by atoms with E-state index in [0.717, 1.165) is 11.1 Å². The number of rotatable bonds is 9. The number of hydrogen-bond acceptors (Lipinski definition) is 4. The Morgan fingerprint density at radius 2 is 1.79 bits per heavy atom. The maximum Gasteiger partial charge on any atom is 0.328 e. The Balaban J connectivity index is 1.77. The van der Waals surface area contributed by atoms with Gasteiger partial charge in [-0.25, -0.2) is 4.79 Å². The summed E-state index contributed by atoms with van der Waals surface area (Å²) in [6.45, 7) is 2.30. The average molecular weight is 382 g/mol. The van der Waals surface area contributed by atoms with Crippen LogP contribution in [0.5, 0.6) is 0 Å². The number of benzene rings is 2. The van der Waals surface area contributed by atoms with Gasteiger partial charge in [-0.2, -0.15) is 0 Å². The molecule has 0 unspecified atom stereocenters. The van der Waals surface area contributed by atoms with E-state index >= 15 is 0 Å². The molecule has 2 aromatic rings. The molecule has 0 bridgehead atoms. The summed E-state index contributed by atoms with van der Waals surface area (Å²) in [7, 11) is 1.30. The van der Waals surface area contributed by atoms with Crippen LogP contribution >= 0.6 is 0 Å². The first-order valence-corrected chi connectivity index (χ1v) is 9.25. The van der Waals surface area contributed by atoms with Crippen molar-refractivity contribution in [1.29, 1.82) is 0 Å². The highest BCUT2D eigenvalue weighted by Crippen LogP contribution is 2.06. The number of esters is 1. The molecule has 0 fully saturated rings. The van der Waals surface area contributed by atoms with E-state index in [2.05, 4.69) is 10.6 Å². The minimum Gasteiger partial charge on any atom is -0.467 e. The Hall–Kier alpha value is -3.15. The lowest BCUT2D eigenvalue weighted by Gasteiger charge is -2.16. The molecule has 0 saturated carbocycles. The van der Waals surface area contributed by atoms with Gasteiger partial charge in [0.25, 0.3) is 5.91 Å². The van der Waals surface area contributed by atoms with E-state index in [1.165, 1.54) is 7.11 Å². The van der Waals surface area contributed by atoms with Crippen molar-refractivity contribution in [2.24, 2.45) is 0 Å². The second kappa shape index (κ2) is 10.9. The predicted molar refractivity (Wildman–Crippen MR) is 107 cm³/mol. The van der Waals surface area contributed by atoms with Crippen LogP contribution in [0.25, 0.3) is 0 Å². The highest BCUT2D eigenvalue weighted by molar-refractivity contribution is 5.94. The smallest absolute Gasteiger partial charge is 0.328 e. The minimum absolute atomic E-state index is 0.166. The van der Waals surface area contributed by atoms with Crippen LogP contribution in [-0.2, 0) is 20.7 Å². The van der Waals surface area contributed by atoms with E-state index in [1.807, 2.05) is 55.5 Å². The quantitative estimate of drug-likeness (QED) is 0.515. The lowest BCUT2D eigenvalue weighted by Crippen LogP contribution is -2.43. The number of aryl methyl sites for hydroxylation is 1. The third-order valence-electron chi connectivity index (χ3n) is 4.25. The monoisotopic (exact) mass is 382 g/mol. The highest BCUT2D eigenvalue weighted by Gasteiger charge is 2.21. The minimum atomic E-state index is -0.734. The van der Waals surface area contributed by atoms with Crippen LogP contribution in [0.4, 0.5) is 0 Å². The fourth-order valence-electron chi connectivity index (χ4n) is 2.79. The van der Waals surface area contributed by atoms with Crippen molar-refractivity contribution < 1.29 is 19.1 Å². The van der Waals surface area contributed by atoms with E-state index in [4.69, 9.17) is 4.74 Å². The zero-order valence-electron chi connectivity index (χ0n) is 16.2. The first-order valence-electron chi connectivity index (χ1n) is 9.25. The standard InChI is InChI=1S/C22H26N2O4/c1-16-8-6-11-18(14-16)21(26)23-13-7-12-20(25)24-19(22(27)28-2)15-17-9-4-3-5-10-17/h3-6,8-11,14,19H,7,12-13,15H2,1-2H3,(H,23,26)(H,24,25)/t19-/m0/s1. The van der Waals surface area contributed by atoms with E-state index in [0.29, 0.717) is 24.9 Å². The number of hydrogen-bond donors (Lipinski definition) is 2. The molecule has 0 aliphatic carbocycles. The SMILES string of the molecule is COC(=O)[C@H](Cc1ccccc1)NC(=O)CCCNC(=O)c1cccc(C)c1. The van der Waals surface area contributed by atoms with Crippen molar-refractivity contribution in [3.63, 3.8) is 0 Å². The molecule has 0 aliphatic heterocycles. The summed E-state index contributed by atoms with van der Waals surface area (Å²) in [4.78, 5) is 36.2. The summed E-state index contributed by atoms with van der Waals surface area (Å²) in [5.41, 5.74) is 2.54. The van der Waals surface area contributed by atoms with Crippen LogP contribution in [0.2, 0.25) is 0 Å². The van der Waals surface area contributed by atoms with Crippen LogP contribution in [-0.4, -0.2) is 37.5 Å². The van der Waals surface area contributed by atoms with Crippen LogP contribution in [0.1, 0.15) is 34.3 Å². The van der Waals surface area contributed by atoms with Gasteiger partial charge in [-0.05, 0) is 31.0 Å². The molecule has 2 rings (SSSR count). The second-order valence-electron chi connectivity index (χ2n) is 6.56. The third kappa shape index (κ3) is 6.87. The molecule has 0 saturated heterocycles. The van der Waals surface area contributed by atoms with Gasteiger partial charge in [0, 0.05) is 24.9 Å². The van der Waals surface area contributed by atoms with Gasteiger partial charge in [0.1, 0.15) is 6.04 Å². The maximum absolute atomic E-state index is 12.2. The number of ether oxygens (including phenoxy) is 1. The van der Waals surface area contributed by atoms with E-state index in [1.54, 1.807) is 6.07 Å². The van der Waals surface area contributed by atoms with Crippen LogP contribution in [0, 0.1) is 6.92 Å². The summed E-state index contributed by atoms with van der Waals surface area (Å²) in [6, 6.07) is 16.0. The molecule has 0 aliphatic rings. The molecule has 2 N–H and O–H groups in total. The molecule has 0 heterocycles. The number of methoxy groups -OCH3 is 1. The van der Waals surface area contributed by atoms with Crippen LogP contribution in [0.15, 0.2) is 54.6 Å². The summed E-state index contributed by atoms with van der Waals surface area (Å²) in [5.74, 6) is -0.901. The molecule has 0 aromatic heterocycles. The first kappa shape index (κ1) is 21.2.